The second-order valence-electron chi connectivity index (χ2n) is 9.09. The second-order valence-corrected chi connectivity index (χ2v) is 11.3. The van der Waals surface area contributed by atoms with Crippen LogP contribution >= 0.6 is 11.6 Å². The van der Waals surface area contributed by atoms with Gasteiger partial charge in [-0.15, -0.1) is 4.83 Å². The van der Waals surface area contributed by atoms with Gasteiger partial charge in [-0.05, 0) is 67.0 Å². The normalized spacial score (nSPS) is 18.7. The van der Waals surface area contributed by atoms with Crippen LogP contribution in [0.1, 0.15) is 42.5 Å². The van der Waals surface area contributed by atoms with Crippen LogP contribution < -0.4 is 10.3 Å². The number of hydrogen-bond donors (Lipinski definition) is 2. The topological polar surface area (TPSA) is 95.6 Å². The highest BCUT2D eigenvalue weighted by Crippen LogP contribution is 2.31. The summed E-state index contributed by atoms with van der Waals surface area (Å²) >= 11 is 5.93. The van der Waals surface area contributed by atoms with Gasteiger partial charge in [0.1, 0.15) is 5.82 Å². The van der Waals surface area contributed by atoms with Crippen molar-refractivity contribution in [1.82, 2.24) is 15.2 Å². The van der Waals surface area contributed by atoms with E-state index in [2.05, 4.69) is 0 Å². The fraction of sp³-hybridized carbons (Fsp3) is 0.417. The van der Waals surface area contributed by atoms with Crippen LogP contribution in [0.4, 0.5) is 8.78 Å². The van der Waals surface area contributed by atoms with Gasteiger partial charge >= 0.3 is 0 Å². The molecule has 7 nitrogen and oxygen atoms in total. The van der Waals surface area contributed by atoms with Crippen LogP contribution in [0.5, 0.6) is 0 Å². The van der Waals surface area contributed by atoms with E-state index in [1.54, 1.807) is 11.0 Å². The smallest absolute Gasteiger partial charge is 0.269 e. The van der Waals surface area contributed by atoms with Gasteiger partial charge in [-0.3, -0.25) is 15.0 Å². The number of halogens is 3. The standard InChI is InChI=1S/C24H26ClF2N3O4S/c25-21-12-18(17-7-2-8-19(26)10-17)11-20(22(21)27)23(31)28-29-35(33,34)14-15-4-3-9-30(13-15)24(32)16-5-1-6-16/h2,7-8,10-12,15-16,29H,1,3-6,9,13-14H2,(H,28,31). The highest BCUT2D eigenvalue weighted by atomic mass is 35.5. The largest absolute Gasteiger partial charge is 0.342 e. The highest BCUT2D eigenvalue weighted by molar-refractivity contribution is 7.89. The summed E-state index contributed by atoms with van der Waals surface area (Å²) in [6.45, 7) is 0.974. The van der Waals surface area contributed by atoms with Crippen LogP contribution in [0.15, 0.2) is 36.4 Å². The first-order valence-electron chi connectivity index (χ1n) is 11.5. The summed E-state index contributed by atoms with van der Waals surface area (Å²) < 4.78 is 53.3. The number of hydrazine groups is 1. The minimum absolute atomic E-state index is 0.0487. The third kappa shape index (κ3) is 6.17. The summed E-state index contributed by atoms with van der Waals surface area (Å²) in [4.78, 5) is 28.9. The number of nitrogens with zero attached hydrogens (tertiary/aromatic N) is 1. The SMILES string of the molecule is O=C(NNS(=O)(=O)CC1CCCN(C(=O)C2CCC2)C1)c1cc(-c2cccc(F)c2)cc(Cl)c1F. The number of amides is 2. The number of sulfonamides is 1. The molecule has 0 aromatic heterocycles. The van der Waals surface area contributed by atoms with Crippen LogP contribution in [0.3, 0.4) is 0 Å². The van der Waals surface area contributed by atoms with Crippen LogP contribution in [0.25, 0.3) is 11.1 Å². The monoisotopic (exact) mass is 525 g/mol. The zero-order chi connectivity index (χ0) is 25.2. The number of carbonyl (C=O) groups excluding carboxylic acids is 2. The molecule has 0 spiro atoms. The van der Waals surface area contributed by atoms with Crippen LogP contribution in [0, 0.1) is 23.5 Å². The molecule has 2 fully saturated rings. The van der Waals surface area contributed by atoms with E-state index in [4.69, 9.17) is 11.6 Å². The Bertz CT molecular complexity index is 1240. The van der Waals surface area contributed by atoms with E-state index in [1.165, 1.54) is 30.3 Å². The van der Waals surface area contributed by atoms with Gasteiger partial charge in [-0.25, -0.2) is 17.2 Å². The van der Waals surface area contributed by atoms with E-state index in [0.29, 0.717) is 37.1 Å². The molecule has 1 heterocycles. The molecule has 0 bridgehead atoms. The molecule has 1 saturated carbocycles. The summed E-state index contributed by atoms with van der Waals surface area (Å²) in [7, 11) is -3.96. The predicted molar refractivity (Wildman–Crippen MR) is 128 cm³/mol. The number of hydrogen-bond acceptors (Lipinski definition) is 4. The Hall–Kier alpha value is -2.56. The lowest BCUT2D eigenvalue weighted by Crippen LogP contribution is -2.48. The molecule has 0 radical (unpaired) electrons. The molecule has 1 aliphatic carbocycles. The van der Waals surface area contributed by atoms with Crippen LogP contribution in [0.2, 0.25) is 5.02 Å². The minimum atomic E-state index is -3.96. The number of piperidine rings is 1. The summed E-state index contributed by atoms with van der Waals surface area (Å²) in [6, 6.07) is 7.90. The molecule has 2 N–H and O–H groups in total. The first kappa shape index (κ1) is 25.5. The van der Waals surface area contributed by atoms with Crippen molar-refractivity contribution in [1.29, 1.82) is 0 Å². The predicted octanol–water partition coefficient (Wildman–Crippen LogP) is 3.89. The number of benzene rings is 2. The van der Waals surface area contributed by atoms with Crippen molar-refractivity contribution in [2.45, 2.75) is 32.1 Å². The molecule has 188 valence electrons. The lowest BCUT2D eigenvalue weighted by molar-refractivity contribution is -0.139. The van der Waals surface area contributed by atoms with E-state index < -0.39 is 33.1 Å². The summed E-state index contributed by atoms with van der Waals surface area (Å²) in [5.74, 6) is -3.01. The first-order chi connectivity index (χ1) is 16.6. The van der Waals surface area contributed by atoms with Gasteiger partial charge in [0.05, 0.1) is 16.3 Å². The fourth-order valence-corrected chi connectivity index (χ4v) is 5.89. The Morgan fingerprint density at radius 1 is 1.06 bits per heavy atom. The van der Waals surface area contributed by atoms with Crippen LogP contribution in [-0.4, -0.2) is 44.0 Å². The van der Waals surface area contributed by atoms with Crippen molar-refractivity contribution in [2.75, 3.05) is 18.8 Å². The number of carbonyl (C=O) groups is 2. The molecule has 4 rings (SSSR count). The molecule has 2 aliphatic rings. The minimum Gasteiger partial charge on any atom is -0.342 e. The van der Waals surface area contributed by atoms with E-state index >= 15 is 0 Å². The zero-order valence-electron chi connectivity index (χ0n) is 18.9. The molecule has 35 heavy (non-hydrogen) atoms. The van der Waals surface area contributed by atoms with Gasteiger partial charge in [0, 0.05) is 19.0 Å². The quantitative estimate of drug-likeness (QED) is 0.536. The van der Waals surface area contributed by atoms with E-state index in [0.717, 1.165) is 19.3 Å². The average molecular weight is 526 g/mol. The molecule has 11 heteroatoms. The van der Waals surface area contributed by atoms with Gasteiger partial charge in [0.2, 0.25) is 15.9 Å². The van der Waals surface area contributed by atoms with Gasteiger partial charge in [0.15, 0.2) is 5.82 Å². The molecule has 2 amide bonds. The molecular weight excluding hydrogens is 500 g/mol. The van der Waals surface area contributed by atoms with E-state index in [-0.39, 0.29) is 28.5 Å². The number of likely N-dealkylation sites (tertiary alicyclic amines) is 1. The first-order valence-corrected chi connectivity index (χ1v) is 13.5. The summed E-state index contributed by atoms with van der Waals surface area (Å²) in [5, 5.41) is -0.363. The Balaban J connectivity index is 1.40. The van der Waals surface area contributed by atoms with Crippen molar-refractivity contribution in [2.24, 2.45) is 11.8 Å². The molecule has 1 saturated heterocycles. The maximum Gasteiger partial charge on any atom is 0.269 e. The van der Waals surface area contributed by atoms with Crippen molar-refractivity contribution >= 4 is 33.4 Å². The van der Waals surface area contributed by atoms with E-state index in [9.17, 15) is 26.8 Å². The van der Waals surface area contributed by atoms with Gasteiger partial charge in [0.25, 0.3) is 5.91 Å². The molecule has 2 aromatic rings. The lowest BCUT2D eigenvalue weighted by Gasteiger charge is -2.37. The van der Waals surface area contributed by atoms with Crippen molar-refractivity contribution in [3.05, 3.63) is 58.6 Å². The van der Waals surface area contributed by atoms with Gasteiger partial charge < -0.3 is 4.90 Å². The third-order valence-electron chi connectivity index (χ3n) is 6.49. The number of nitrogens with one attached hydrogen (secondary N) is 2. The average Bonchev–Trinajstić information content (AvgIpc) is 2.78. The maximum atomic E-state index is 14.6. The molecular formula is C24H26ClF2N3O4S. The van der Waals surface area contributed by atoms with E-state index in [1.807, 2.05) is 10.3 Å². The highest BCUT2D eigenvalue weighted by Gasteiger charge is 2.33. The van der Waals surface area contributed by atoms with Crippen molar-refractivity contribution < 1.29 is 26.8 Å². The Morgan fingerprint density at radius 2 is 1.83 bits per heavy atom. The van der Waals surface area contributed by atoms with Gasteiger partial charge in [-0.2, -0.15) is 0 Å². The molecule has 1 unspecified atom stereocenters. The second kappa shape index (κ2) is 10.6. The zero-order valence-corrected chi connectivity index (χ0v) is 20.5. The fourth-order valence-electron chi connectivity index (χ4n) is 4.45. The molecule has 1 aliphatic heterocycles. The van der Waals surface area contributed by atoms with Gasteiger partial charge in [-0.1, -0.05) is 30.2 Å². The molecule has 1 atom stereocenters. The maximum absolute atomic E-state index is 14.6. The van der Waals surface area contributed by atoms with Crippen LogP contribution in [-0.2, 0) is 14.8 Å². The third-order valence-corrected chi connectivity index (χ3v) is 8.09. The molecule has 2 aromatic carbocycles. The lowest BCUT2D eigenvalue weighted by atomic mass is 9.83. The number of rotatable bonds is 7. The Morgan fingerprint density at radius 3 is 2.51 bits per heavy atom. The van der Waals surface area contributed by atoms with Crippen molar-refractivity contribution in [3.63, 3.8) is 0 Å². The van der Waals surface area contributed by atoms with Crippen molar-refractivity contribution in [3.8, 4) is 11.1 Å². The Kier molecular flexibility index (Phi) is 7.73. The Labute approximate surface area is 207 Å². The summed E-state index contributed by atoms with van der Waals surface area (Å²) in [6.07, 6.45) is 4.16. The summed E-state index contributed by atoms with van der Waals surface area (Å²) in [5.41, 5.74) is 2.20.